The summed E-state index contributed by atoms with van der Waals surface area (Å²) in [5.41, 5.74) is 1.26. The number of halogens is 2. The highest BCUT2D eigenvalue weighted by atomic mass is 32.2. The van der Waals surface area contributed by atoms with E-state index in [1.807, 2.05) is 0 Å². The van der Waals surface area contributed by atoms with Gasteiger partial charge in [-0.25, -0.2) is 17.2 Å². The molecule has 0 unspecified atom stereocenters. The zero-order valence-electron chi connectivity index (χ0n) is 17.2. The molecule has 3 rings (SSSR count). The Morgan fingerprint density at radius 2 is 1.71 bits per heavy atom. The van der Waals surface area contributed by atoms with Crippen molar-refractivity contribution in [2.75, 3.05) is 11.9 Å². The first-order chi connectivity index (χ1) is 14.6. The standard InChI is InChI=1S/C22H23F2NO5S/c1-14-5-6-15(2)19(11-14)31(28,29)22(9-3-4-10-22)21(27)30-13-20(26)25-16-7-8-17(23)18(24)12-16/h5-8,11-12H,3-4,9-10,13H2,1-2H3,(H,25,26). The molecule has 1 N–H and O–H groups in total. The van der Waals surface area contributed by atoms with Crippen molar-refractivity contribution in [1.82, 2.24) is 0 Å². The molecule has 0 aliphatic heterocycles. The van der Waals surface area contributed by atoms with Gasteiger partial charge in [-0.3, -0.25) is 9.59 Å². The predicted molar refractivity (Wildman–Crippen MR) is 110 cm³/mol. The summed E-state index contributed by atoms with van der Waals surface area (Å²) in [7, 11) is -4.07. The molecule has 0 aromatic heterocycles. The monoisotopic (exact) mass is 451 g/mol. The van der Waals surface area contributed by atoms with E-state index in [4.69, 9.17) is 4.74 Å². The van der Waals surface area contributed by atoms with Crippen LogP contribution in [0.3, 0.4) is 0 Å². The van der Waals surface area contributed by atoms with Gasteiger partial charge in [0, 0.05) is 11.8 Å². The van der Waals surface area contributed by atoms with Crippen molar-refractivity contribution in [2.45, 2.75) is 49.2 Å². The molecule has 1 amide bonds. The first kappa shape index (κ1) is 22.9. The normalized spacial score (nSPS) is 15.5. The molecule has 6 nitrogen and oxygen atoms in total. The minimum atomic E-state index is -4.07. The second kappa shape index (κ2) is 8.74. The summed E-state index contributed by atoms with van der Waals surface area (Å²) in [6.45, 7) is 2.68. The van der Waals surface area contributed by atoms with E-state index in [2.05, 4.69) is 5.32 Å². The number of sulfone groups is 1. The van der Waals surface area contributed by atoms with E-state index in [0.29, 0.717) is 18.4 Å². The van der Waals surface area contributed by atoms with Crippen LogP contribution in [-0.2, 0) is 24.2 Å². The van der Waals surface area contributed by atoms with Gasteiger partial charge in [0.15, 0.2) is 32.8 Å². The molecular formula is C22H23F2NO5S. The number of nitrogens with one attached hydrogen (secondary N) is 1. The van der Waals surface area contributed by atoms with Gasteiger partial charge in [0.1, 0.15) is 0 Å². The molecule has 1 aliphatic carbocycles. The second-order valence-corrected chi connectivity index (χ2v) is 9.96. The molecule has 2 aromatic carbocycles. The Bertz CT molecular complexity index is 1120. The summed E-state index contributed by atoms with van der Waals surface area (Å²) in [6.07, 6.45) is 1.29. The van der Waals surface area contributed by atoms with Crippen LogP contribution in [0.4, 0.5) is 14.5 Å². The first-order valence-electron chi connectivity index (χ1n) is 9.81. The third-order valence-electron chi connectivity index (χ3n) is 5.47. The van der Waals surface area contributed by atoms with E-state index in [-0.39, 0.29) is 23.4 Å². The van der Waals surface area contributed by atoms with Crippen molar-refractivity contribution in [2.24, 2.45) is 0 Å². The number of carbonyl (C=O) groups excluding carboxylic acids is 2. The van der Waals surface area contributed by atoms with E-state index < -0.39 is 44.7 Å². The van der Waals surface area contributed by atoms with E-state index in [1.165, 1.54) is 6.07 Å². The first-order valence-corrected chi connectivity index (χ1v) is 11.3. The van der Waals surface area contributed by atoms with Crippen LogP contribution in [0, 0.1) is 25.5 Å². The van der Waals surface area contributed by atoms with Crippen LogP contribution in [0.25, 0.3) is 0 Å². The Balaban J connectivity index is 1.78. The third-order valence-corrected chi connectivity index (χ3v) is 8.09. The maximum absolute atomic E-state index is 13.5. The van der Waals surface area contributed by atoms with E-state index in [0.717, 1.165) is 23.8 Å². The SMILES string of the molecule is Cc1ccc(C)c(S(=O)(=O)C2(C(=O)OCC(=O)Nc3ccc(F)c(F)c3)CCCC2)c1. The number of carbonyl (C=O) groups is 2. The Hall–Kier alpha value is -2.81. The van der Waals surface area contributed by atoms with Crippen LogP contribution >= 0.6 is 0 Å². The lowest BCUT2D eigenvalue weighted by molar-refractivity contribution is -0.149. The molecular weight excluding hydrogens is 428 g/mol. The lowest BCUT2D eigenvalue weighted by Crippen LogP contribution is -2.46. The number of aryl methyl sites for hydroxylation is 2. The van der Waals surface area contributed by atoms with E-state index in [1.54, 1.807) is 26.0 Å². The number of hydrogen-bond acceptors (Lipinski definition) is 5. The number of anilines is 1. The Labute approximate surface area is 179 Å². The zero-order valence-corrected chi connectivity index (χ0v) is 18.0. The van der Waals surface area contributed by atoms with Crippen LogP contribution in [-0.4, -0.2) is 31.6 Å². The molecule has 0 heterocycles. The molecule has 0 radical (unpaired) electrons. The highest BCUT2D eigenvalue weighted by Gasteiger charge is 2.54. The minimum Gasteiger partial charge on any atom is -0.454 e. The van der Waals surface area contributed by atoms with Crippen molar-refractivity contribution >= 4 is 27.4 Å². The number of benzene rings is 2. The van der Waals surface area contributed by atoms with Gasteiger partial charge < -0.3 is 10.1 Å². The second-order valence-electron chi connectivity index (χ2n) is 7.73. The lowest BCUT2D eigenvalue weighted by Gasteiger charge is -2.27. The molecule has 0 spiro atoms. The van der Waals surface area contributed by atoms with Gasteiger partial charge in [-0.05, 0) is 56.0 Å². The van der Waals surface area contributed by atoms with E-state index in [9.17, 15) is 26.8 Å². The highest BCUT2D eigenvalue weighted by Crippen LogP contribution is 2.42. The number of ether oxygens (including phenoxy) is 1. The van der Waals surface area contributed by atoms with Crippen molar-refractivity contribution in [3.05, 3.63) is 59.2 Å². The summed E-state index contributed by atoms with van der Waals surface area (Å²) in [5, 5.41) is 2.28. The van der Waals surface area contributed by atoms with Gasteiger partial charge in [0.25, 0.3) is 5.91 Å². The predicted octanol–water partition coefficient (Wildman–Crippen LogP) is 3.85. The summed E-state index contributed by atoms with van der Waals surface area (Å²) in [6, 6.07) is 7.80. The largest absolute Gasteiger partial charge is 0.454 e. The average Bonchev–Trinajstić information content (AvgIpc) is 3.22. The topological polar surface area (TPSA) is 89.5 Å². The summed E-state index contributed by atoms with van der Waals surface area (Å²) >= 11 is 0. The molecule has 0 atom stereocenters. The zero-order chi connectivity index (χ0) is 22.8. The van der Waals surface area contributed by atoms with Crippen LogP contribution < -0.4 is 5.32 Å². The Morgan fingerprint density at radius 3 is 2.35 bits per heavy atom. The van der Waals surface area contributed by atoms with E-state index >= 15 is 0 Å². The van der Waals surface area contributed by atoms with Crippen molar-refractivity contribution in [3.8, 4) is 0 Å². The van der Waals surface area contributed by atoms with Crippen LogP contribution in [0.5, 0.6) is 0 Å². The average molecular weight is 451 g/mol. The molecule has 1 aliphatic rings. The van der Waals surface area contributed by atoms with Gasteiger partial charge in [-0.1, -0.05) is 25.0 Å². The summed E-state index contributed by atoms with van der Waals surface area (Å²) in [4.78, 5) is 25.1. The van der Waals surface area contributed by atoms with Gasteiger partial charge in [-0.2, -0.15) is 0 Å². The van der Waals surface area contributed by atoms with Gasteiger partial charge in [0.05, 0.1) is 4.90 Å². The fraction of sp³-hybridized carbons (Fsp3) is 0.364. The molecule has 1 fully saturated rings. The number of hydrogen-bond donors (Lipinski definition) is 1. The fourth-order valence-corrected chi connectivity index (χ4v) is 6.13. The molecule has 166 valence electrons. The molecule has 0 saturated heterocycles. The minimum absolute atomic E-state index is 0.0152. The lowest BCUT2D eigenvalue weighted by atomic mass is 10.1. The van der Waals surface area contributed by atoms with Crippen molar-refractivity contribution in [1.29, 1.82) is 0 Å². The van der Waals surface area contributed by atoms with Gasteiger partial charge in [-0.15, -0.1) is 0 Å². The van der Waals surface area contributed by atoms with Gasteiger partial charge >= 0.3 is 5.97 Å². The number of rotatable bonds is 6. The molecule has 0 bridgehead atoms. The number of esters is 1. The highest BCUT2D eigenvalue weighted by molar-refractivity contribution is 7.93. The van der Waals surface area contributed by atoms with Crippen LogP contribution in [0.15, 0.2) is 41.3 Å². The van der Waals surface area contributed by atoms with Crippen molar-refractivity contribution < 1.29 is 31.5 Å². The van der Waals surface area contributed by atoms with Gasteiger partial charge in [0.2, 0.25) is 0 Å². The maximum atomic E-state index is 13.5. The summed E-state index contributed by atoms with van der Waals surface area (Å²) < 4.78 is 56.6. The maximum Gasteiger partial charge on any atom is 0.328 e. The quantitative estimate of drug-likeness (QED) is 0.674. The molecule has 31 heavy (non-hydrogen) atoms. The smallest absolute Gasteiger partial charge is 0.328 e. The Morgan fingerprint density at radius 1 is 1.03 bits per heavy atom. The van der Waals surface area contributed by atoms with Crippen LogP contribution in [0.1, 0.15) is 36.8 Å². The van der Waals surface area contributed by atoms with Crippen LogP contribution in [0.2, 0.25) is 0 Å². The Kier molecular flexibility index (Phi) is 6.45. The molecule has 1 saturated carbocycles. The third kappa shape index (κ3) is 4.46. The summed E-state index contributed by atoms with van der Waals surface area (Å²) in [5.74, 6) is -3.98. The molecule has 9 heteroatoms. The fourth-order valence-electron chi connectivity index (χ4n) is 3.77. The van der Waals surface area contributed by atoms with Crippen molar-refractivity contribution in [3.63, 3.8) is 0 Å². The molecule has 2 aromatic rings. The number of amides is 1.